The number of hydrogen-bond acceptors (Lipinski definition) is 7. The highest BCUT2D eigenvalue weighted by atomic mass is 32.2. The molecular formula is C19H22N4O3S3. The van der Waals surface area contributed by atoms with Gasteiger partial charge in [0, 0.05) is 33.6 Å². The van der Waals surface area contributed by atoms with Crippen molar-refractivity contribution in [2.24, 2.45) is 0 Å². The van der Waals surface area contributed by atoms with Gasteiger partial charge in [-0.25, -0.2) is 17.7 Å². The van der Waals surface area contributed by atoms with Crippen molar-refractivity contribution in [1.29, 1.82) is 0 Å². The average Bonchev–Trinajstić information content (AvgIpc) is 3.32. The predicted molar refractivity (Wildman–Crippen MR) is 119 cm³/mol. The largest absolute Gasteiger partial charge is 0.376 e. The van der Waals surface area contributed by atoms with Gasteiger partial charge in [-0.1, -0.05) is 6.07 Å². The molecule has 154 valence electrons. The molecule has 1 N–H and O–H groups in total. The summed E-state index contributed by atoms with van der Waals surface area (Å²) in [6.45, 7) is 0. The first-order chi connectivity index (χ1) is 13.7. The Hall–Kier alpha value is -2.27. The summed E-state index contributed by atoms with van der Waals surface area (Å²) in [5.41, 5.74) is 1.84. The Morgan fingerprint density at radius 2 is 1.90 bits per heavy atom. The number of amides is 1. The van der Waals surface area contributed by atoms with E-state index in [1.54, 1.807) is 17.4 Å². The second-order valence-corrected chi connectivity index (χ2v) is 10.7. The second-order valence-electron chi connectivity index (χ2n) is 6.71. The minimum absolute atomic E-state index is 0.111. The number of hydrogen-bond donors (Lipinski definition) is 1. The van der Waals surface area contributed by atoms with E-state index in [0.29, 0.717) is 17.1 Å². The van der Waals surface area contributed by atoms with Crippen molar-refractivity contribution >= 4 is 50.0 Å². The minimum atomic E-state index is -3.60. The highest BCUT2D eigenvalue weighted by molar-refractivity contribution is 7.89. The summed E-state index contributed by atoms with van der Waals surface area (Å²) in [7, 11) is 3.01. The fourth-order valence-electron chi connectivity index (χ4n) is 2.64. The smallest absolute Gasteiger partial charge is 0.242 e. The molecule has 0 aliphatic heterocycles. The van der Waals surface area contributed by atoms with E-state index in [4.69, 9.17) is 0 Å². The first-order valence-electron chi connectivity index (χ1n) is 8.70. The zero-order valence-corrected chi connectivity index (χ0v) is 19.0. The van der Waals surface area contributed by atoms with Crippen molar-refractivity contribution in [3.63, 3.8) is 0 Å². The molecule has 0 unspecified atom stereocenters. The van der Waals surface area contributed by atoms with Gasteiger partial charge in [-0.2, -0.15) is 0 Å². The van der Waals surface area contributed by atoms with Gasteiger partial charge < -0.3 is 10.2 Å². The number of sulfonamides is 1. The van der Waals surface area contributed by atoms with Crippen molar-refractivity contribution in [3.05, 3.63) is 46.8 Å². The highest BCUT2D eigenvalue weighted by Crippen LogP contribution is 2.30. The molecule has 1 aromatic carbocycles. The topological polar surface area (TPSA) is 82.6 Å². The fourth-order valence-corrected chi connectivity index (χ4v) is 5.20. The molecule has 0 aliphatic rings. The normalized spacial score (nSPS) is 11.6. The number of carbonyl (C=O) groups is 1. The number of benzene rings is 1. The summed E-state index contributed by atoms with van der Waals surface area (Å²) < 4.78 is 26.0. The SMILES string of the molecule is CN(C)c1ccc(S(=O)(=O)N(C)C)cc1NC(=O)Cc1csc(-c2cccs2)n1. The van der Waals surface area contributed by atoms with Crippen molar-refractivity contribution in [2.75, 3.05) is 38.4 Å². The molecule has 2 heterocycles. The van der Waals surface area contributed by atoms with Crippen LogP contribution in [0.15, 0.2) is 46.0 Å². The highest BCUT2D eigenvalue weighted by Gasteiger charge is 2.20. The Labute approximate surface area is 178 Å². The second kappa shape index (κ2) is 8.62. The van der Waals surface area contributed by atoms with E-state index in [1.165, 1.54) is 37.6 Å². The van der Waals surface area contributed by atoms with Gasteiger partial charge in [-0.15, -0.1) is 22.7 Å². The molecule has 0 spiro atoms. The van der Waals surface area contributed by atoms with E-state index in [0.717, 1.165) is 14.2 Å². The van der Waals surface area contributed by atoms with E-state index < -0.39 is 10.0 Å². The van der Waals surface area contributed by atoms with Crippen LogP contribution < -0.4 is 10.2 Å². The lowest BCUT2D eigenvalue weighted by Gasteiger charge is -2.20. The Balaban J connectivity index is 1.82. The van der Waals surface area contributed by atoms with Gasteiger partial charge in [-0.05, 0) is 29.6 Å². The molecule has 1 amide bonds. The van der Waals surface area contributed by atoms with E-state index in [1.807, 2.05) is 41.9 Å². The number of thiophene rings is 1. The Kier molecular flexibility index (Phi) is 6.37. The number of rotatable bonds is 7. The molecule has 3 aromatic rings. The van der Waals surface area contributed by atoms with Gasteiger partial charge in [-0.3, -0.25) is 4.79 Å². The van der Waals surface area contributed by atoms with Crippen LogP contribution in [0.2, 0.25) is 0 Å². The minimum Gasteiger partial charge on any atom is -0.376 e. The molecule has 29 heavy (non-hydrogen) atoms. The van der Waals surface area contributed by atoms with Gasteiger partial charge in [0.05, 0.1) is 33.3 Å². The Bertz CT molecular complexity index is 1100. The maximum absolute atomic E-state index is 12.6. The first kappa shape index (κ1) is 21.4. The molecule has 0 bridgehead atoms. The number of aromatic nitrogens is 1. The van der Waals surface area contributed by atoms with E-state index in [-0.39, 0.29) is 17.2 Å². The quantitative estimate of drug-likeness (QED) is 0.597. The van der Waals surface area contributed by atoms with E-state index in [2.05, 4.69) is 10.3 Å². The van der Waals surface area contributed by atoms with Crippen LogP contribution in [0.3, 0.4) is 0 Å². The average molecular weight is 451 g/mol. The monoisotopic (exact) mass is 450 g/mol. The lowest BCUT2D eigenvalue weighted by molar-refractivity contribution is -0.115. The van der Waals surface area contributed by atoms with Gasteiger partial charge in [0.25, 0.3) is 0 Å². The zero-order valence-electron chi connectivity index (χ0n) is 16.5. The number of nitrogens with one attached hydrogen (secondary N) is 1. The maximum Gasteiger partial charge on any atom is 0.242 e. The number of anilines is 2. The molecule has 0 aliphatic carbocycles. The predicted octanol–water partition coefficient (Wildman–Crippen LogP) is 3.37. The summed E-state index contributed by atoms with van der Waals surface area (Å²) in [5, 5.41) is 7.58. The van der Waals surface area contributed by atoms with Crippen LogP contribution in [0.25, 0.3) is 9.88 Å². The lowest BCUT2D eigenvalue weighted by atomic mass is 10.2. The van der Waals surface area contributed by atoms with Crippen LogP contribution in [0, 0.1) is 0 Å². The molecule has 0 saturated carbocycles. The molecule has 0 fully saturated rings. The first-order valence-corrected chi connectivity index (χ1v) is 11.9. The Morgan fingerprint density at radius 1 is 1.14 bits per heavy atom. The van der Waals surface area contributed by atoms with Crippen molar-refractivity contribution in [3.8, 4) is 9.88 Å². The molecule has 0 saturated heterocycles. The van der Waals surface area contributed by atoms with Crippen LogP contribution in [0.5, 0.6) is 0 Å². The van der Waals surface area contributed by atoms with Crippen LogP contribution in [0.1, 0.15) is 5.69 Å². The lowest BCUT2D eigenvalue weighted by Crippen LogP contribution is -2.23. The third-order valence-corrected chi connectivity index (χ3v) is 7.87. The number of carbonyl (C=O) groups excluding carboxylic acids is 1. The van der Waals surface area contributed by atoms with Crippen LogP contribution in [-0.4, -0.2) is 51.8 Å². The number of thiazole rings is 1. The van der Waals surface area contributed by atoms with E-state index in [9.17, 15) is 13.2 Å². The zero-order chi connectivity index (χ0) is 21.2. The van der Waals surface area contributed by atoms with Crippen LogP contribution in [0.4, 0.5) is 11.4 Å². The van der Waals surface area contributed by atoms with Crippen LogP contribution >= 0.6 is 22.7 Å². The van der Waals surface area contributed by atoms with Crippen molar-refractivity contribution in [2.45, 2.75) is 11.3 Å². The molecule has 0 atom stereocenters. The van der Waals surface area contributed by atoms with Crippen molar-refractivity contribution in [1.82, 2.24) is 9.29 Å². The van der Waals surface area contributed by atoms with Gasteiger partial charge in [0.2, 0.25) is 15.9 Å². The standard InChI is InChI=1S/C19H22N4O3S3/c1-22(2)16-8-7-14(29(25,26)23(3)4)11-15(16)21-18(24)10-13-12-28-19(20-13)17-6-5-9-27-17/h5-9,11-12H,10H2,1-4H3,(H,21,24). The molecule has 0 radical (unpaired) electrons. The molecule has 10 heteroatoms. The molecule has 7 nitrogen and oxygen atoms in total. The van der Waals surface area contributed by atoms with Crippen LogP contribution in [-0.2, 0) is 21.2 Å². The fraction of sp³-hybridized carbons (Fsp3) is 0.263. The maximum atomic E-state index is 12.6. The molecule has 3 rings (SSSR count). The summed E-state index contributed by atoms with van der Waals surface area (Å²) in [6.07, 6.45) is 0.111. The van der Waals surface area contributed by atoms with E-state index >= 15 is 0 Å². The van der Waals surface area contributed by atoms with Gasteiger partial charge >= 0.3 is 0 Å². The van der Waals surface area contributed by atoms with Gasteiger partial charge in [0.1, 0.15) is 5.01 Å². The molecule has 2 aromatic heterocycles. The summed E-state index contributed by atoms with van der Waals surface area (Å²) in [6, 6.07) is 8.66. The van der Waals surface area contributed by atoms with Gasteiger partial charge in [0.15, 0.2) is 0 Å². The third kappa shape index (κ3) is 4.84. The summed E-state index contributed by atoms with van der Waals surface area (Å²) in [4.78, 5) is 20.2. The van der Waals surface area contributed by atoms with Crippen molar-refractivity contribution < 1.29 is 13.2 Å². The Morgan fingerprint density at radius 3 is 2.52 bits per heavy atom. The molecular weight excluding hydrogens is 428 g/mol. The summed E-state index contributed by atoms with van der Waals surface area (Å²) in [5.74, 6) is -0.254. The third-order valence-electron chi connectivity index (χ3n) is 4.13. The summed E-state index contributed by atoms with van der Waals surface area (Å²) >= 11 is 3.10. The number of nitrogens with zero attached hydrogens (tertiary/aromatic N) is 3.